The van der Waals surface area contributed by atoms with Crippen molar-refractivity contribution >= 4 is 11.6 Å². The molecule has 0 bridgehead atoms. The highest BCUT2D eigenvalue weighted by molar-refractivity contribution is 5.79. The van der Waals surface area contributed by atoms with E-state index in [4.69, 9.17) is 5.53 Å². The molecule has 6 N–H and O–H groups in total. The number of aliphatic hydroxyl groups is 3. The van der Waals surface area contributed by atoms with E-state index in [1.54, 1.807) is 42.9 Å². The SMILES string of the molecule is N=N/C(=C\Nc1ccc(CC(=O)NC(CO)(CO)CO)cc1)CN(Cc1ccccn1)Cc1ccccn1. The van der Waals surface area contributed by atoms with E-state index in [2.05, 4.69) is 30.6 Å². The molecule has 2 aromatic heterocycles. The number of hydrogen-bond acceptors (Lipinski definition) is 10. The first-order chi connectivity index (χ1) is 18.5. The van der Waals surface area contributed by atoms with E-state index in [9.17, 15) is 20.1 Å². The first kappa shape index (κ1) is 28.5. The molecule has 0 radical (unpaired) electrons. The van der Waals surface area contributed by atoms with Gasteiger partial charge < -0.3 is 26.0 Å². The van der Waals surface area contributed by atoms with Crippen molar-refractivity contribution in [3.05, 3.63) is 102 Å². The largest absolute Gasteiger partial charge is 0.394 e. The number of rotatable bonds is 15. The molecule has 200 valence electrons. The Morgan fingerprint density at radius 3 is 1.97 bits per heavy atom. The lowest BCUT2D eigenvalue weighted by Gasteiger charge is -2.28. The summed E-state index contributed by atoms with van der Waals surface area (Å²) in [6.45, 7) is -0.219. The van der Waals surface area contributed by atoms with Crippen LogP contribution in [0.5, 0.6) is 0 Å². The van der Waals surface area contributed by atoms with Crippen LogP contribution in [0.4, 0.5) is 5.69 Å². The normalized spacial score (nSPS) is 11.8. The summed E-state index contributed by atoms with van der Waals surface area (Å²) in [5, 5.41) is 37.4. The first-order valence-electron chi connectivity index (χ1n) is 12.1. The van der Waals surface area contributed by atoms with E-state index in [-0.39, 0.29) is 6.42 Å². The molecule has 0 aliphatic heterocycles. The van der Waals surface area contributed by atoms with Crippen molar-refractivity contribution in [1.29, 1.82) is 5.53 Å². The van der Waals surface area contributed by atoms with Crippen LogP contribution in [-0.4, -0.2) is 68.0 Å². The van der Waals surface area contributed by atoms with Crippen LogP contribution < -0.4 is 10.6 Å². The summed E-state index contributed by atoms with van der Waals surface area (Å²) in [4.78, 5) is 23.2. The Kier molecular flexibility index (Phi) is 11.0. The summed E-state index contributed by atoms with van der Waals surface area (Å²) >= 11 is 0. The van der Waals surface area contributed by atoms with Crippen LogP contribution in [0.15, 0.2) is 90.1 Å². The molecule has 11 heteroatoms. The number of benzene rings is 1. The summed E-state index contributed by atoms with van der Waals surface area (Å²) in [5.74, 6) is -0.432. The van der Waals surface area contributed by atoms with Crippen molar-refractivity contribution in [1.82, 2.24) is 20.2 Å². The molecule has 11 nitrogen and oxygen atoms in total. The zero-order valence-electron chi connectivity index (χ0n) is 21.0. The fraction of sp³-hybridized carbons (Fsp3) is 0.296. The van der Waals surface area contributed by atoms with Crippen molar-refractivity contribution in [2.75, 3.05) is 31.7 Å². The second-order valence-electron chi connectivity index (χ2n) is 8.86. The third-order valence-electron chi connectivity index (χ3n) is 5.79. The molecular formula is C27H33N7O4. The van der Waals surface area contributed by atoms with Gasteiger partial charge in [-0.2, -0.15) is 5.11 Å². The predicted octanol–water partition coefficient (Wildman–Crippen LogP) is 1.84. The minimum Gasteiger partial charge on any atom is -0.394 e. The number of pyridine rings is 2. The summed E-state index contributed by atoms with van der Waals surface area (Å²) in [6.07, 6.45) is 5.17. The molecule has 0 unspecified atom stereocenters. The molecular weight excluding hydrogens is 486 g/mol. The van der Waals surface area contributed by atoms with E-state index in [1.165, 1.54) is 0 Å². The summed E-state index contributed by atoms with van der Waals surface area (Å²) in [5.41, 5.74) is 9.97. The number of anilines is 1. The van der Waals surface area contributed by atoms with Crippen molar-refractivity contribution in [2.24, 2.45) is 5.11 Å². The summed E-state index contributed by atoms with van der Waals surface area (Å²) in [7, 11) is 0. The third kappa shape index (κ3) is 8.82. The maximum Gasteiger partial charge on any atom is 0.225 e. The molecule has 2 heterocycles. The van der Waals surface area contributed by atoms with Gasteiger partial charge in [0, 0.05) is 43.9 Å². The van der Waals surface area contributed by atoms with Crippen molar-refractivity contribution in [3.8, 4) is 0 Å². The zero-order valence-corrected chi connectivity index (χ0v) is 21.0. The number of nitrogens with one attached hydrogen (secondary N) is 3. The topological polar surface area (TPSA) is 167 Å². The van der Waals surface area contributed by atoms with E-state index in [0.717, 1.165) is 17.1 Å². The number of carbonyl (C=O) groups excluding carboxylic acids is 1. The number of amides is 1. The molecule has 0 atom stereocenters. The standard InChI is InChI=1S/C27H33N7O4/c28-33-25(17-34(15-23-5-1-3-11-29-23)16-24-6-2-4-12-30-24)14-31-22-9-7-21(8-10-22)13-26(38)32-27(18-35,19-36)20-37/h1-12,14,28,31,35-37H,13,15-20H2,(H,32,38)/b25-14-,33-28?. The van der Waals surface area contributed by atoms with Crippen molar-refractivity contribution in [2.45, 2.75) is 25.0 Å². The highest BCUT2D eigenvalue weighted by atomic mass is 16.3. The van der Waals surface area contributed by atoms with Gasteiger partial charge in [0.2, 0.25) is 5.91 Å². The van der Waals surface area contributed by atoms with E-state index in [1.807, 2.05) is 36.4 Å². The average molecular weight is 520 g/mol. The summed E-state index contributed by atoms with van der Waals surface area (Å²) in [6, 6.07) is 18.6. The van der Waals surface area contributed by atoms with Crippen LogP contribution in [0, 0.1) is 5.53 Å². The van der Waals surface area contributed by atoms with Crippen LogP contribution in [0.2, 0.25) is 0 Å². The lowest BCUT2D eigenvalue weighted by Crippen LogP contribution is -2.57. The molecule has 0 fully saturated rings. The molecule has 0 saturated heterocycles. The van der Waals surface area contributed by atoms with Crippen molar-refractivity contribution < 1.29 is 20.1 Å². The van der Waals surface area contributed by atoms with Gasteiger partial charge in [0.1, 0.15) is 5.54 Å². The van der Waals surface area contributed by atoms with Gasteiger partial charge >= 0.3 is 0 Å². The number of aromatic nitrogens is 2. The lowest BCUT2D eigenvalue weighted by atomic mass is 10.0. The quantitative estimate of drug-likeness (QED) is 0.165. The summed E-state index contributed by atoms with van der Waals surface area (Å²) < 4.78 is 0. The molecule has 0 aliphatic carbocycles. The van der Waals surface area contributed by atoms with Gasteiger partial charge in [0.15, 0.2) is 0 Å². The average Bonchev–Trinajstić information content (AvgIpc) is 2.96. The molecule has 1 amide bonds. The molecule has 1 aromatic carbocycles. The van der Waals surface area contributed by atoms with Crippen LogP contribution in [0.25, 0.3) is 0 Å². The fourth-order valence-corrected chi connectivity index (χ4v) is 3.63. The maximum absolute atomic E-state index is 12.3. The van der Waals surface area contributed by atoms with E-state index >= 15 is 0 Å². The predicted molar refractivity (Wildman–Crippen MR) is 142 cm³/mol. The van der Waals surface area contributed by atoms with Crippen molar-refractivity contribution in [3.63, 3.8) is 0 Å². The number of nitrogens with zero attached hydrogens (tertiary/aromatic N) is 4. The van der Waals surface area contributed by atoms with Gasteiger partial charge in [0.25, 0.3) is 0 Å². The number of aliphatic hydroxyl groups excluding tert-OH is 3. The van der Waals surface area contributed by atoms with Crippen LogP contribution in [0.3, 0.4) is 0 Å². The molecule has 0 saturated carbocycles. The highest BCUT2D eigenvalue weighted by Gasteiger charge is 2.29. The molecule has 0 spiro atoms. The minimum atomic E-state index is -1.46. The molecule has 38 heavy (non-hydrogen) atoms. The second-order valence-corrected chi connectivity index (χ2v) is 8.86. The fourth-order valence-electron chi connectivity index (χ4n) is 3.63. The maximum atomic E-state index is 12.3. The highest BCUT2D eigenvalue weighted by Crippen LogP contribution is 2.14. The first-order valence-corrected chi connectivity index (χ1v) is 12.1. The second kappa shape index (κ2) is 14.6. The number of hydrogen-bond donors (Lipinski definition) is 6. The van der Waals surface area contributed by atoms with Gasteiger partial charge in [-0.1, -0.05) is 24.3 Å². The van der Waals surface area contributed by atoms with Gasteiger partial charge in [-0.25, -0.2) is 5.53 Å². The molecule has 3 rings (SSSR count). The Balaban J connectivity index is 1.62. The van der Waals surface area contributed by atoms with Gasteiger partial charge in [-0.05, 0) is 42.0 Å². The monoisotopic (exact) mass is 519 g/mol. The molecule has 0 aliphatic rings. The van der Waals surface area contributed by atoms with Gasteiger partial charge in [-0.15, -0.1) is 0 Å². The van der Waals surface area contributed by atoms with E-state index in [0.29, 0.717) is 30.9 Å². The Bertz CT molecular complexity index is 1120. The lowest BCUT2D eigenvalue weighted by molar-refractivity contribution is -0.124. The van der Waals surface area contributed by atoms with Gasteiger partial charge in [-0.3, -0.25) is 19.7 Å². The Morgan fingerprint density at radius 1 is 0.921 bits per heavy atom. The minimum absolute atomic E-state index is 0.0151. The molecule has 3 aromatic rings. The third-order valence-corrected chi connectivity index (χ3v) is 5.79. The van der Waals surface area contributed by atoms with Crippen LogP contribution in [-0.2, 0) is 24.3 Å². The van der Waals surface area contributed by atoms with E-state index < -0.39 is 31.3 Å². The van der Waals surface area contributed by atoms with Gasteiger partial charge in [0.05, 0.1) is 43.3 Å². The van der Waals surface area contributed by atoms with Crippen LogP contribution >= 0.6 is 0 Å². The Morgan fingerprint density at radius 2 is 1.50 bits per heavy atom. The Labute approximate surface area is 221 Å². The Hall–Kier alpha value is -4.03. The number of carbonyl (C=O) groups is 1. The van der Waals surface area contributed by atoms with Crippen LogP contribution in [0.1, 0.15) is 17.0 Å². The zero-order chi connectivity index (χ0) is 27.2. The smallest absolute Gasteiger partial charge is 0.225 e.